The van der Waals surface area contributed by atoms with Crippen molar-refractivity contribution in [3.05, 3.63) is 0 Å². The molecule has 0 aromatic rings. The number of carboxylic acids is 1. The van der Waals surface area contributed by atoms with Crippen molar-refractivity contribution in [2.24, 2.45) is 0 Å². The highest BCUT2D eigenvalue weighted by atomic mass is 16.4. The first kappa shape index (κ1) is 15.9. The molecule has 0 aromatic heterocycles. The van der Waals surface area contributed by atoms with Crippen molar-refractivity contribution in [2.45, 2.75) is 32.9 Å². The van der Waals surface area contributed by atoms with Crippen LogP contribution in [0.2, 0.25) is 0 Å². The normalized spacial score (nSPS) is 13.1. The van der Waals surface area contributed by atoms with Crippen molar-refractivity contribution in [1.29, 1.82) is 0 Å². The Balaban J connectivity index is 4.02. The highest BCUT2D eigenvalue weighted by Gasteiger charge is 2.17. The van der Waals surface area contributed by atoms with Gasteiger partial charge in [0.25, 0.3) is 0 Å². The van der Waals surface area contributed by atoms with Crippen molar-refractivity contribution >= 4 is 23.7 Å². The van der Waals surface area contributed by atoms with E-state index in [1.165, 1.54) is 20.8 Å². The van der Waals surface area contributed by atoms with Gasteiger partial charge in [-0.2, -0.15) is 0 Å². The Hall–Kier alpha value is -2.12. The lowest BCUT2D eigenvalue weighted by atomic mass is 10.3. The fraction of sp³-hybridized carbons (Fsp3) is 0.600. The summed E-state index contributed by atoms with van der Waals surface area (Å²) >= 11 is 0. The van der Waals surface area contributed by atoms with Crippen LogP contribution in [-0.4, -0.2) is 47.4 Å². The van der Waals surface area contributed by atoms with Gasteiger partial charge in [-0.05, 0) is 13.8 Å². The van der Waals surface area contributed by atoms with Crippen molar-refractivity contribution in [3.63, 3.8) is 0 Å². The smallest absolute Gasteiger partial charge is 0.325 e. The number of rotatable bonds is 6. The monoisotopic (exact) mass is 259 g/mol. The van der Waals surface area contributed by atoms with Gasteiger partial charge in [-0.1, -0.05) is 0 Å². The fourth-order valence-electron chi connectivity index (χ4n) is 1.05. The molecule has 0 fully saturated rings. The second-order valence-corrected chi connectivity index (χ2v) is 3.77. The average molecular weight is 259 g/mol. The molecule has 0 aliphatic heterocycles. The standard InChI is InChI=1S/C10H17N3O5/c1-5(12-7(3)14)9(16)11-4-8(15)13-6(2)10(17)18/h5-6H,4H2,1-3H3,(H,11,16)(H,12,14)(H,13,15)(H,17,18). The molecule has 0 heterocycles. The Morgan fingerprint density at radius 3 is 2.06 bits per heavy atom. The van der Waals surface area contributed by atoms with E-state index in [9.17, 15) is 19.2 Å². The third-order valence-electron chi connectivity index (χ3n) is 1.98. The lowest BCUT2D eigenvalue weighted by Gasteiger charge is -2.13. The highest BCUT2D eigenvalue weighted by molar-refractivity contribution is 5.90. The number of aliphatic carboxylic acids is 1. The third-order valence-corrected chi connectivity index (χ3v) is 1.98. The predicted molar refractivity (Wildman–Crippen MR) is 61.5 cm³/mol. The van der Waals surface area contributed by atoms with E-state index in [2.05, 4.69) is 16.0 Å². The maximum absolute atomic E-state index is 11.4. The van der Waals surface area contributed by atoms with E-state index in [1.54, 1.807) is 0 Å². The van der Waals surface area contributed by atoms with Crippen LogP contribution in [0.1, 0.15) is 20.8 Å². The van der Waals surface area contributed by atoms with Gasteiger partial charge < -0.3 is 21.1 Å². The SMILES string of the molecule is CC(=O)NC(C)C(=O)NCC(=O)NC(C)C(=O)O. The molecule has 4 N–H and O–H groups in total. The minimum absolute atomic E-state index is 0.347. The van der Waals surface area contributed by atoms with Crippen LogP contribution in [-0.2, 0) is 19.2 Å². The molecule has 0 aliphatic carbocycles. The van der Waals surface area contributed by atoms with Gasteiger partial charge in [0.1, 0.15) is 12.1 Å². The van der Waals surface area contributed by atoms with Crippen LogP contribution in [0, 0.1) is 0 Å². The predicted octanol–water partition coefficient (Wildman–Crippen LogP) is -1.78. The lowest BCUT2D eigenvalue weighted by Crippen LogP contribution is -2.48. The van der Waals surface area contributed by atoms with Crippen LogP contribution in [0.3, 0.4) is 0 Å². The van der Waals surface area contributed by atoms with E-state index in [4.69, 9.17) is 5.11 Å². The largest absolute Gasteiger partial charge is 0.480 e. The molecule has 0 saturated heterocycles. The van der Waals surface area contributed by atoms with Crippen LogP contribution in [0.25, 0.3) is 0 Å². The minimum atomic E-state index is -1.17. The number of hydrogen-bond acceptors (Lipinski definition) is 4. The number of nitrogens with one attached hydrogen (secondary N) is 3. The number of carbonyl (C=O) groups is 4. The van der Waals surface area contributed by atoms with Gasteiger partial charge in [0, 0.05) is 6.92 Å². The second-order valence-electron chi connectivity index (χ2n) is 3.77. The summed E-state index contributed by atoms with van der Waals surface area (Å²) in [7, 11) is 0. The lowest BCUT2D eigenvalue weighted by molar-refractivity contribution is -0.141. The summed E-state index contributed by atoms with van der Waals surface area (Å²) in [4.78, 5) is 43.7. The van der Waals surface area contributed by atoms with Gasteiger partial charge in [0.2, 0.25) is 17.7 Å². The zero-order valence-corrected chi connectivity index (χ0v) is 10.4. The van der Waals surface area contributed by atoms with Gasteiger partial charge >= 0.3 is 5.97 Å². The summed E-state index contributed by atoms with van der Waals surface area (Å²) in [6, 6.07) is -1.78. The van der Waals surface area contributed by atoms with E-state index >= 15 is 0 Å². The zero-order valence-electron chi connectivity index (χ0n) is 10.4. The first-order valence-electron chi connectivity index (χ1n) is 5.31. The highest BCUT2D eigenvalue weighted by Crippen LogP contribution is 1.83. The van der Waals surface area contributed by atoms with E-state index in [1.807, 2.05) is 0 Å². The van der Waals surface area contributed by atoms with Gasteiger partial charge in [0.15, 0.2) is 0 Å². The molecular weight excluding hydrogens is 242 g/mol. The molecule has 0 saturated carbocycles. The Kier molecular flexibility index (Phi) is 6.40. The van der Waals surface area contributed by atoms with Gasteiger partial charge in [-0.15, -0.1) is 0 Å². The summed E-state index contributed by atoms with van der Waals surface area (Å²) in [6.07, 6.45) is 0. The molecule has 0 aromatic carbocycles. The van der Waals surface area contributed by atoms with Gasteiger partial charge in [-0.25, -0.2) is 0 Å². The fourth-order valence-corrected chi connectivity index (χ4v) is 1.05. The zero-order chi connectivity index (χ0) is 14.3. The maximum Gasteiger partial charge on any atom is 0.325 e. The molecular formula is C10H17N3O5. The Morgan fingerprint density at radius 2 is 1.61 bits per heavy atom. The molecule has 8 heteroatoms. The summed E-state index contributed by atoms with van der Waals surface area (Å²) in [6.45, 7) is 3.70. The summed E-state index contributed by atoms with van der Waals surface area (Å²) in [5.74, 6) is -2.67. The molecule has 0 rings (SSSR count). The average Bonchev–Trinajstić information content (AvgIpc) is 2.24. The molecule has 3 amide bonds. The second kappa shape index (κ2) is 7.25. The molecule has 0 radical (unpaired) electrons. The Morgan fingerprint density at radius 1 is 1.06 bits per heavy atom. The molecule has 2 atom stereocenters. The van der Waals surface area contributed by atoms with E-state index in [0.717, 1.165) is 0 Å². The van der Waals surface area contributed by atoms with Gasteiger partial charge in [-0.3, -0.25) is 19.2 Å². The minimum Gasteiger partial charge on any atom is -0.480 e. The first-order chi connectivity index (χ1) is 8.23. The van der Waals surface area contributed by atoms with Gasteiger partial charge in [0.05, 0.1) is 6.54 Å². The molecule has 2 unspecified atom stereocenters. The molecule has 0 spiro atoms. The quantitative estimate of drug-likeness (QED) is 0.448. The third kappa shape index (κ3) is 6.46. The molecule has 18 heavy (non-hydrogen) atoms. The Labute approximate surface area is 104 Å². The van der Waals surface area contributed by atoms with E-state index < -0.39 is 29.9 Å². The molecule has 0 aliphatic rings. The summed E-state index contributed by atoms with van der Waals surface area (Å²) in [5.41, 5.74) is 0. The number of carboxylic acid groups (broad SMARTS) is 1. The van der Waals surface area contributed by atoms with Crippen molar-refractivity contribution < 1.29 is 24.3 Å². The van der Waals surface area contributed by atoms with Crippen LogP contribution in [0.15, 0.2) is 0 Å². The first-order valence-corrected chi connectivity index (χ1v) is 5.31. The summed E-state index contributed by atoms with van der Waals surface area (Å²) in [5, 5.41) is 15.3. The van der Waals surface area contributed by atoms with E-state index in [-0.39, 0.29) is 12.5 Å². The molecule has 8 nitrogen and oxygen atoms in total. The number of amides is 3. The maximum atomic E-state index is 11.4. The summed E-state index contributed by atoms with van der Waals surface area (Å²) < 4.78 is 0. The van der Waals surface area contributed by atoms with Crippen molar-refractivity contribution in [2.75, 3.05) is 6.54 Å². The van der Waals surface area contributed by atoms with Crippen molar-refractivity contribution in [3.8, 4) is 0 Å². The number of carbonyl (C=O) groups excluding carboxylic acids is 3. The van der Waals surface area contributed by atoms with Crippen molar-refractivity contribution in [1.82, 2.24) is 16.0 Å². The Bertz CT molecular complexity index is 355. The van der Waals surface area contributed by atoms with Crippen LogP contribution < -0.4 is 16.0 Å². The van der Waals surface area contributed by atoms with Crippen LogP contribution in [0.5, 0.6) is 0 Å². The van der Waals surface area contributed by atoms with Crippen LogP contribution >= 0.6 is 0 Å². The van der Waals surface area contributed by atoms with E-state index in [0.29, 0.717) is 0 Å². The number of hydrogen-bond donors (Lipinski definition) is 4. The van der Waals surface area contributed by atoms with Crippen LogP contribution in [0.4, 0.5) is 0 Å². The topological polar surface area (TPSA) is 125 Å². The molecule has 0 bridgehead atoms. The molecule has 102 valence electrons.